The molecule has 1 saturated heterocycles. The molecule has 1 N–H and O–H groups in total. The van der Waals surface area contributed by atoms with Gasteiger partial charge in [0.1, 0.15) is 0 Å². The Morgan fingerprint density at radius 2 is 1.85 bits per heavy atom. The van der Waals surface area contributed by atoms with Crippen LogP contribution in [0.15, 0.2) is 30.6 Å². The normalized spacial score (nSPS) is 19.1. The van der Waals surface area contributed by atoms with Crippen molar-refractivity contribution in [3.63, 3.8) is 0 Å². The Hall–Kier alpha value is -3.37. The zero-order valence-electron chi connectivity index (χ0n) is 24.3. The van der Waals surface area contributed by atoms with Crippen LogP contribution in [0.3, 0.4) is 0 Å². The summed E-state index contributed by atoms with van der Waals surface area (Å²) in [6.45, 7) is 9.61. The van der Waals surface area contributed by atoms with Gasteiger partial charge in [-0.1, -0.05) is 12.5 Å². The number of benzene rings is 1. The number of piperazine rings is 1. The number of amides is 1. The average molecular weight is 547 g/mol. The van der Waals surface area contributed by atoms with Crippen LogP contribution in [0, 0.1) is 0 Å². The molecular weight excluding hydrogens is 504 g/mol. The van der Waals surface area contributed by atoms with Crippen LogP contribution in [-0.2, 0) is 32.1 Å². The molecule has 1 aromatic carbocycles. The van der Waals surface area contributed by atoms with Crippen LogP contribution in [0.5, 0.6) is 5.88 Å². The fraction of sp³-hybridized carbons (Fsp3) is 0.567. The summed E-state index contributed by atoms with van der Waals surface area (Å²) in [5.41, 5.74) is 5.53. The third-order valence-corrected chi connectivity index (χ3v) is 8.95. The number of aryl methyl sites for hydroxylation is 1. The Morgan fingerprint density at radius 3 is 2.55 bits per heavy atom. The van der Waals surface area contributed by atoms with Crippen molar-refractivity contribution in [2.24, 2.45) is 7.05 Å². The molecule has 6 rings (SSSR count). The van der Waals surface area contributed by atoms with Crippen molar-refractivity contribution >= 4 is 11.9 Å². The van der Waals surface area contributed by atoms with Crippen LogP contribution >= 0.6 is 0 Å². The summed E-state index contributed by atoms with van der Waals surface area (Å²) < 4.78 is 9.59. The molecule has 214 valence electrons. The summed E-state index contributed by atoms with van der Waals surface area (Å²) in [6, 6.07) is 6.49. The Bertz CT molecular complexity index is 1370. The van der Waals surface area contributed by atoms with Crippen LogP contribution < -0.4 is 10.1 Å². The fourth-order valence-electron chi connectivity index (χ4n) is 6.78. The molecule has 10 heteroatoms. The summed E-state index contributed by atoms with van der Waals surface area (Å²) in [4.78, 5) is 25.6. The van der Waals surface area contributed by atoms with Crippen molar-refractivity contribution in [1.29, 1.82) is 0 Å². The maximum absolute atomic E-state index is 14.2. The predicted octanol–water partition coefficient (Wildman–Crippen LogP) is 2.93. The Labute approximate surface area is 236 Å². The van der Waals surface area contributed by atoms with Gasteiger partial charge in [-0.05, 0) is 49.6 Å². The van der Waals surface area contributed by atoms with E-state index in [9.17, 15) is 4.79 Å². The number of fused-ring (bicyclic) bond motifs is 2. The minimum absolute atomic E-state index is 0.0202. The number of rotatable bonds is 9. The second-order valence-electron chi connectivity index (χ2n) is 11.7. The second-order valence-corrected chi connectivity index (χ2v) is 11.7. The third-order valence-electron chi connectivity index (χ3n) is 8.95. The first-order valence-electron chi connectivity index (χ1n) is 14.6. The van der Waals surface area contributed by atoms with Gasteiger partial charge in [0.05, 0.1) is 25.4 Å². The molecule has 0 unspecified atom stereocenters. The predicted molar refractivity (Wildman–Crippen MR) is 155 cm³/mol. The van der Waals surface area contributed by atoms with Crippen molar-refractivity contribution in [1.82, 2.24) is 34.0 Å². The molecule has 2 aliphatic heterocycles. The molecule has 10 nitrogen and oxygen atoms in total. The number of carbonyl (C=O) groups excluding carboxylic acids is 1. The van der Waals surface area contributed by atoms with Gasteiger partial charge in [-0.2, -0.15) is 5.10 Å². The monoisotopic (exact) mass is 546 g/mol. The van der Waals surface area contributed by atoms with E-state index in [1.54, 1.807) is 4.68 Å². The largest absolute Gasteiger partial charge is 0.478 e. The van der Waals surface area contributed by atoms with Crippen LogP contribution in [-0.4, -0.2) is 93.4 Å². The van der Waals surface area contributed by atoms with Crippen molar-refractivity contribution in [3.05, 3.63) is 58.5 Å². The number of nitrogens with one attached hydrogen (secondary N) is 1. The number of ether oxygens (including phenoxy) is 1. The van der Waals surface area contributed by atoms with E-state index in [1.165, 1.54) is 17.5 Å². The number of imidazole rings is 1. The van der Waals surface area contributed by atoms with E-state index in [0.717, 1.165) is 80.8 Å². The Balaban J connectivity index is 1.38. The molecule has 2 aromatic heterocycles. The van der Waals surface area contributed by atoms with Crippen molar-refractivity contribution in [2.45, 2.75) is 51.2 Å². The minimum Gasteiger partial charge on any atom is -0.478 e. The van der Waals surface area contributed by atoms with Crippen molar-refractivity contribution in [3.8, 4) is 5.88 Å². The summed E-state index contributed by atoms with van der Waals surface area (Å²) in [5, 5.41) is 7.84. The first kappa shape index (κ1) is 26.8. The number of nitrogens with zero attached hydrogens (tertiary/aromatic N) is 7. The van der Waals surface area contributed by atoms with E-state index in [2.05, 4.69) is 48.9 Å². The average Bonchev–Trinajstić information content (AvgIpc) is 3.51. The summed E-state index contributed by atoms with van der Waals surface area (Å²) in [5.74, 6) is 1.66. The van der Waals surface area contributed by atoms with Gasteiger partial charge in [0.15, 0.2) is 0 Å². The van der Waals surface area contributed by atoms with Crippen molar-refractivity contribution < 1.29 is 9.53 Å². The number of anilines is 1. The summed E-state index contributed by atoms with van der Waals surface area (Å²) >= 11 is 0. The van der Waals surface area contributed by atoms with E-state index in [0.29, 0.717) is 19.7 Å². The van der Waals surface area contributed by atoms with Gasteiger partial charge in [-0.25, -0.2) is 9.67 Å². The van der Waals surface area contributed by atoms with Gasteiger partial charge in [-0.15, -0.1) is 0 Å². The molecule has 40 heavy (non-hydrogen) atoms. The molecule has 0 radical (unpaired) electrons. The van der Waals surface area contributed by atoms with Gasteiger partial charge in [0.25, 0.3) is 5.91 Å². The number of aromatic nitrogens is 4. The fourth-order valence-corrected chi connectivity index (χ4v) is 6.78. The molecule has 3 aliphatic rings. The number of hydrogen-bond acceptors (Lipinski definition) is 7. The van der Waals surface area contributed by atoms with E-state index in [4.69, 9.17) is 4.74 Å². The molecule has 2 fully saturated rings. The first-order chi connectivity index (χ1) is 19.4. The lowest BCUT2D eigenvalue weighted by atomic mass is 9.60. The number of hydrogen-bond donors (Lipinski definition) is 1. The highest BCUT2D eigenvalue weighted by Crippen LogP contribution is 2.50. The number of carbonyl (C=O) groups is 1. The quantitative estimate of drug-likeness (QED) is 0.442. The summed E-state index contributed by atoms with van der Waals surface area (Å²) in [6.07, 6.45) is 7.25. The SMILES string of the molecule is CCOc1cc(CN2CC3(CCC3)c3c(CN4CCN(C)CC4)cc(Cn4ccnc4NC)cc3C2=O)nn1C. The minimum atomic E-state index is 0.0202. The van der Waals surface area contributed by atoms with E-state index in [1.807, 2.05) is 44.4 Å². The molecule has 0 bridgehead atoms. The topological polar surface area (TPSA) is 83.7 Å². The van der Waals surface area contributed by atoms with E-state index >= 15 is 0 Å². The molecule has 3 aromatic rings. The van der Waals surface area contributed by atoms with Gasteiger partial charge < -0.3 is 24.4 Å². The maximum atomic E-state index is 14.2. The molecular formula is C30H42N8O2. The van der Waals surface area contributed by atoms with Crippen LogP contribution in [0.25, 0.3) is 0 Å². The van der Waals surface area contributed by atoms with Gasteiger partial charge >= 0.3 is 0 Å². The molecule has 0 atom stereocenters. The number of likely N-dealkylation sites (N-methyl/N-ethyl adjacent to an activating group) is 1. The summed E-state index contributed by atoms with van der Waals surface area (Å²) in [7, 11) is 5.97. The van der Waals surface area contributed by atoms with E-state index in [-0.39, 0.29) is 11.3 Å². The lowest BCUT2D eigenvalue weighted by Crippen LogP contribution is -2.53. The smallest absolute Gasteiger partial charge is 0.254 e. The third kappa shape index (κ3) is 4.99. The van der Waals surface area contributed by atoms with Gasteiger partial charge in [-0.3, -0.25) is 9.69 Å². The molecule has 1 aliphatic carbocycles. The highest BCUT2D eigenvalue weighted by atomic mass is 16.5. The first-order valence-corrected chi connectivity index (χ1v) is 14.6. The Kier molecular flexibility index (Phi) is 7.31. The lowest BCUT2D eigenvalue weighted by Gasteiger charge is -2.51. The highest BCUT2D eigenvalue weighted by molar-refractivity contribution is 5.98. The van der Waals surface area contributed by atoms with Gasteiger partial charge in [0, 0.05) is 82.8 Å². The van der Waals surface area contributed by atoms with E-state index < -0.39 is 0 Å². The maximum Gasteiger partial charge on any atom is 0.254 e. The van der Waals surface area contributed by atoms with Crippen LogP contribution in [0.1, 0.15) is 58.9 Å². The standard InChI is InChI=1S/C30H42N8O2/c1-5-40-26-17-24(33-35(26)4)20-38-21-30(7-6-8-30)27-23(19-36-13-11-34(3)12-14-36)15-22(16-25(27)28(38)39)18-37-10-9-32-29(37)31-2/h9-10,15-17H,5-8,11-14,18-21H2,1-4H3,(H,31,32). The van der Waals surface area contributed by atoms with Crippen LogP contribution in [0.4, 0.5) is 5.95 Å². The lowest BCUT2D eigenvalue weighted by molar-refractivity contribution is 0.0561. The zero-order chi connectivity index (χ0) is 27.9. The molecule has 1 saturated carbocycles. The molecule has 4 heterocycles. The molecule has 1 spiro atoms. The van der Waals surface area contributed by atoms with Gasteiger partial charge in [0.2, 0.25) is 11.8 Å². The van der Waals surface area contributed by atoms with Crippen LogP contribution in [0.2, 0.25) is 0 Å². The Morgan fingerprint density at radius 1 is 1.05 bits per heavy atom. The second kappa shape index (κ2) is 10.9. The van der Waals surface area contributed by atoms with Crippen molar-refractivity contribution in [2.75, 3.05) is 58.7 Å². The highest BCUT2D eigenvalue weighted by Gasteiger charge is 2.48. The zero-order valence-corrected chi connectivity index (χ0v) is 24.3. The molecule has 1 amide bonds.